The molecular formula is C20H28N2O3. The molecule has 5 nitrogen and oxygen atoms in total. The Morgan fingerprint density at radius 1 is 1.20 bits per heavy atom. The minimum atomic E-state index is -0.287. The van der Waals surface area contributed by atoms with Gasteiger partial charge in [0, 0.05) is 43.2 Å². The lowest BCUT2D eigenvalue weighted by molar-refractivity contribution is -0.00966. The van der Waals surface area contributed by atoms with Gasteiger partial charge in [-0.3, -0.25) is 4.90 Å². The number of morpholine rings is 1. The summed E-state index contributed by atoms with van der Waals surface area (Å²) in [4.78, 5) is 14.3. The third-order valence-corrected chi connectivity index (χ3v) is 5.04. The highest BCUT2D eigenvalue weighted by Crippen LogP contribution is 2.20. The van der Waals surface area contributed by atoms with Gasteiger partial charge in [-0.2, -0.15) is 0 Å². The van der Waals surface area contributed by atoms with Crippen molar-refractivity contribution in [1.29, 1.82) is 0 Å². The number of benzene rings is 1. The number of nitrogens with one attached hydrogen (secondary N) is 1. The van der Waals surface area contributed by atoms with Crippen molar-refractivity contribution in [2.45, 2.75) is 39.3 Å². The number of nitrogens with zero attached hydrogens (tertiary/aromatic N) is 1. The van der Waals surface area contributed by atoms with Crippen molar-refractivity contribution < 1.29 is 9.15 Å². The van der Waals surface area contributed by atoms with Gasteiger partial charge < -0.3 is 14.5 Å². The zero-order valence-corrected chi connectivity index (χ0v) is 15.4. The Morgan fingerprint density at radius 3 is 2.68 bits per heavy atom. The second-order valence-electron chi connectivity index (χ2n) is 7.29. The molecule has 0 bridgehead atoms. The van der Waals surface area contributed by atoms with Crippen molar-refractivity contribution >= 4 is 11.0 Å². The van der Waals surface area contributed by atoms with Crippen molar-refractivity contribution in [2.24, 2.45) is 0 Å². The van der Waals surface area contributed by atoms with E-state index in [0.29, 0.717) is 12.1 Å². The predicted molar refractivity (Wildman–Crippen MR) is 100 cm³/mol. The van der Waals surface area contributed by atoms with E-state index in [1.807, 2.05) is 6.07 Å². The Morgan fingerprint density at radius 2 is 1.96 bits per heavy atom. The van der Waals surface area contributed by atoms with E-state index in [1.165, 1.54) is 5.56 Å². The number of ether oxygens (including phenoxy) is 1. The van der Waals surface area contributed by atoms with Crippen LogP contribution in [0.1, 0.15) is 31.9 Å². The van der Waals surface area contributed by atoms with Crippen molar-refractivity contribution in [3.8, 4) is 0 Å². The maximum absolute atomic E-state index is 11.9. The molecule has 5 heteroatoms. The van der Waals surface area contributed by atoms with Crippen LogP contribution in [0.3, 0.4) is 0 Å². The van der Waals surface area contributed by atoms with E-state index in [-0.39, 0.29) is 11.2 Å². The summed E-state index contributed by atoms with van der Waals surface area (Å²) in [5, 5.41) is 4.53. The average Bonchev–Trinajstić information content (AvgIpc) is 2.61. The summed E-state index contributed by atoms with van der Waals surface area (Å²) in [5.74, 6) is 0. The van der Waals surface area contributed by atoms with Crippen LogP contribution in [0.15, 0.2) is 33.5 Å². The van der Waals surface area contributed by atoms with Gasteiger partial charge in [0.15, 0.2) is 0 Å². The Bertz CT molecular complexity index is 776. The molecule has 0 aliphatic carbocycles. The first-order valence-corrected chi connectivity index (χ1v) is 9.09. The van der Waals surface area contributed by atoms with Crippen molar-refractivity contribution in [3.05, 3.63) is 45.8 Å². The number of aryl methyl sites for hydroxylation is 1. The molecule has 0 spiro atoms. The van der Waals surface area contributed by atoms with Gasteiger partial charge in [0.05, 0.1) is 13.2 Å². The van der Waals surface area contributed by atoms with Gasteiger partial charge in [-0.15, -0.1) is 0 Å². The van der Waals surface area contributed by atoms with E-state index >= 15 is 0 Å². The summed E-state index contributed by atoms with van der Waals surface area (Å²) >= 11 is 0. The second kappa shape index (κ2) is 7.68. The molecule has 1 fully saturated rings. The summed E-state index contributed by atoms with van der Waals surface area (Å²) in [7, 11) is 0. The van der Waals surface area contributed by atoms with Gasteiger partial charge in [0.25, 0.3) is 0 Å². The maximum atomic E-state index is 11.9. The molecule has 1 aliphatic rings. The first-order valence-electron chi connectivity index (χ1n) is 9.09. The molecule has 3 rings (SSSR count). The molecule has 1 aliphatic heterocycles. The van der Waals surface area contributed by atoms with Crippen molar-refractivity contribution in [2.75, 3.05) is 32.8 Å². The molecule has 0 radical (unpaired) electrons. The van der Waals surface area contributed by atoms with Gasteiger partial charge in [0.2, 0.25) is 0 Å². The van der Waals surface area contributed by atoms with E-state index in [9.17, 15) is 4.79 Å². The lowest BCUT2D eigenvalue weighted by Crippen LogP contribution is -2.54. The summed E-state index contributed by atoms with van der Waals surface area (Å²) in [6.45, 7) is 11.6. The Labute approximate surface area is 149 Å². The van der Waals surface area contributed by atoms with Gasteiger partial charge in [-0.1, -0.05) is 19.1 Å². The molecule has 0 atom stereocenters. The maximum Gasteiger partial charge on any atom is 0.336 e. The zero-order chi connectivity index (χ0) is 17.9. The molecule has 2 aromatic rings. The van der Waals surface area contributed by atoms with Gasteiger partial charge in [-0.05, 0) is 37.5 Å². The number of rotatable bonds is 6. The zero-order valence-electron chi connectivity index (χ0n) is 15.4. The summed E-state index contributed by atoms with van der Waals surface area (Å²) in [6, 6.07) is 7.73. The molecule has 0 amide bonds. The topological polar surface area (TPSA) is 54.7 Å². The highest BCUT2D eigenvalue weighted by molar-refractivity contribution is 5.80. The third-order valence-electron chi connectivity index (χ3n) is 5.04. The highest BCUT2D eigenvalue weighted by atomic mass is 16.5. The quantitative estimate of drug-likeness (QED) is 0.816. The van der Waals surface area contributed by atoms with E-state index in [4.69, 9.17) is 9.15 Å². The van der Waals surface area contributed by atoms with Crippen LogP contribution in [-0.2, 0) is 17.7 Å². The molecule has 25 heavy (non-hydrogen) atoms. The average molecular weight is 344 g/mol. The SMILES string of the molecule is CCc1ccc2c(CNCC(C)(C)N3CCOCC3)cc(=O)oc2c1. The first-order chi connectivity index (χ1) is 12.0. The van der Waals surface area contributed by atoms with Gasteiger partial charge in [0.1, 0.15) is 5.58 Å². The largest absolute Gasteiger partial charge is 0.423 e. The van der Waals surface area contributed by atoms with Crippen LogP contribution >= 0.6 is 0 Å². The van der Waals surface area contributed by atoms with Gasteiger partial charge >= 0.3 is 5.63 Å². The Hall–Kier alpha value is -1.69. The molecule has 136 valence electrons. The summed E-state index contributed by atoms with van der Waals surface area (Å²) in [6.07, 6.45) is 0.926. The molecule has 1 saturated heterocycles. The van der Waals surface area contributed by atoms with Crippen LogP contribution in [0, 0.1) is 0 Å². The van der Waals surface area contributed by atoms with E-state index < -0.39 is 0 Å². The van der Waals surface area contributed by atoms with Gasteiger partial charge in [-0.25, -0.2) is 4.79 Å². The fourth-order valence-corrected chi connectivity index (χ4v) is 3.42. The standard InChI is InChI=1S/C20H28N2O3/c1-4-15-5-6-17-16(12-19(23)25-18(17)11-15)13-21-14-20(2,3)22-7-9-24-10-8-22/h5-6,11-12,21H,4,7-10,13-14H2,1-3H3. The molecule has 1 aromatic carbocycles. The Balaban J connectivity index is 1.71. The second-order valence-corrected chi connectivity index (χ2v) is 7.29. The predicted octanol–water partition coefficient (Wildman–Crippen LogP) is 2.56. The number of hydrogen-bond acceptors (Lipinski definition) is 5. The molecule has 2 heterocycles. The molecular weight excluding hydrogens is 316 g/mol. The van der Waals surface area contributed by atoms with Crippen LogP contribution in [0.2, 0.25) is 0 Å². The normalized spacial score (nSPS) is 16.4. The minimum Gasteiger partial charge on any atom is -0.423 e. The molecule has 1 aromatic heterocycles. The third kappa shape index (κ3) is 4.29. The Kier molecular flexibility index (Phi) is 5.57. The van der Waals surface area contributed by atoms with E-state index in [2.05, 4.69) is 43.1 Å². The van der Waals surface area contributed by atoms with E-state index in [1.54, 1.807) is 6.07 Å². The van der Waals surface area contributed by atoms with Crippen LogP contribution in [-0.4, -0.2) is 43.3 Å². The van der Waals surface area contributed by atoms with Crippen LogP contribution in [0.4, 0.5) is 0 Å². The summed E-state index contributed by atoms with van der Waals surface area (Å²) < 4.78 is 10.8. The molecule has 0 unspecified atom stereocenters. The number of fused-ring (bicyclic) bond motifs is 1. The van der Waals surface area contributed by atoms with Crippen molar-refractivity contribution in [1.82, 2.24) is 10.2 Å². The molecule has 1 N–H and O–H groups in total. The minimum absolute atomic E-state index is 0.0500. The number of hydrogen-bond donors (Lipinski definition) is 1. The monoisotopic (exact) mass is 344 g/mol. The fourth-order valence-electron chi connectivity index (χ4n) is 3.42. The van der Waals surface area contributed by atoms with Crippen LogP contribution in [0.5, 0.6) is 0 Å². The van der Waals surface area contributed by atoms with E-state index in [0.717, 1.165) is 50.2 Å². The highest BCUT2D eigenvalue weighted by Gasteiger charge is 2.27. The molecule has 0 saturated carbocycles. The first kappa shape index (κ1) is 18.1. The lowest BCUT2D eigenvalue weighted by Gasteiger charge is -2.41. The lowest BCUT2D eigenvalue weighted by atomic mass is 10.0. The van der Waals surface area contributed by atoms with Crippen LogP contribution < -0.4 is 10.9 Å². The fraction of sp³-hybridized carbons (Fsp3) is 0.550. The van der Waals surface area contributed by atoms with Crippen LogP contribution in [0.25, 0.3) is 11.0 Å². The summed E-state index contributed by atoms with van der Waals surface area (Å²) in [5.41, 5.74) is 2.61. The van der Waals surface area contributed by atoms with Crippen molar-refractivity contribution in [3.63, 3.8) is 0 Å². The smallest absolute Gasteiger partial charge is 0.336 e.